The molecule has 1 saturated carbocycles. The molecule has 1 heterocycles. The van der Waals surface area contributed by atoms with Crippen LogP contribution in [0.5, 0.6) is 0 Å². The first-order valence-corrected chi connectivity index (χ1v) is 8.07. The molecular formula is C17H26N2O. The van der Waals surface area contributed by atoms with Gasteiger partial charge in [-0.05, 0) is 50.2 Å². The van der Waals surface area contributed by atoms with E-state index in [-0.39, 0.29) is 6.10 Å². The van der Waals surface area contributed by atoms with Crippen molar-refractivity contribution in [3.8, 4) is 0 Å². The first-order valence-electron chi connectivity index (χ1n) is 8.07. The van der Waals surface area contributed by atoms with Crippen molar-refractivity contribution in [2.24, 2.45) is 0 Å². The average molecular weight is 274 g/mol. The van der Waals surface area contributed by atoms with Gasteiger partial charge in [-0.3, -0.25) is 0 Å². The molecule has 20 heavy (non-hydrogen) atoms. The molecule has 1 aliphatic heterocycles. The summed E-state index contributed by atoms with van der Waals surface area (Å²) >= 11 is 0. The SMILES string of the molecule is OC1CCC(NCc2ccccc2N2CCCC2)CC1. The molecule has 1 saturated heterocycles. The molecule has 1 aromatic carbocycles. The van der Waals surface area contributed by atoms with E-state index in [9.17, 15) is 5.11 Å². The number of nitrogens with one attached hydrogen (secondary N) is 1. The largest absolute Gasteiger partial charge is 0.393 e. The summed E-state index contributed by atoms with van der Waals surface area (Å²) in [6.07, 6.45) is 6.69. The van der Waals surface area contributed by atoms with Gasteiger partial charge in [0.25, 0.3) is 0 Å². The van der Waals surface area contributed by atoms with E-state index < -0.39 is 0 Å². The van der Waals surface area contributed by atoms with E-state index in [4.69, 9.17) is 0 Å². The highest BCUT2D eigenvalue weighted by atomic mass is 16.3. The summed E-state index contributed by atoms with van der Waals surface area (Å²) in [7, 11) is 0. The van der Waals surface area contributed by atoms with Crippen molar-refractivity contribution in [1.29, 1.82) is 0 Å². The molecular weight excluding hydrogens is 248 g/mol. The van der Waals surface area contributed by atoms with Crippen molar-refractivity contribution >= 4 is 5.69 Å². The second-order valence-corrected chi connectivity index (χ2v) is 6.21. The summed E-state index contributed by atoms with van der Waals surface area (Å²) in [5, 5.41) is 13.2. The molecule has 0 amide bonds. The monoisotopic (exact) mass is 274 g/mol. The quantitative estimate of drug-likeness (QED) is 0.886. The molecule has 0 radical (unpaired) electrons. The third-order valence-electron chi connectivity index (χ3n) is 4.72. The fourth-order valence-electron chi connectivity index (χ4n) is 3.46. The first kappa shape index (κ1) is 13.9. The van der Waals surface area contributed by atoms with Gasteiger partial charge in [-0.2, -0.15) is 0 Å². The lowest BCUT2D eigenvalue weighted by atomic mass is 9.93. The van der Waals surface area contributed by atoms with Crippen LogP contribution in [0.15, 0.2) is 24.3 Å². The zero-order valence-corrected chi connectivity index (χ0v) is 12.2. The highest BCUT2D eigenvalue weighted by molar-refractivity contribution is 5.54. The Kier molecular flexibility index (Phi) is 4.58. The Morgan fingerprint density at radius 1 is 1.05 bits per heavy atom. The lowest BCUT2D eigenvalue weighted by Gasteiger charge is -2.27. The molecule has 2 fully saturated rings. The van der Waals surface area contributed by atoms with E-state index in [1.807, 2.05) is 0 Å². The molecule has 0 aromatic heterocycles. The maximum atomic E-state index is 9.57. The highest BCUT2D eigenvalue weighted by Gasteiger charge is 2.20. The summed E-state index contributed by atoms with van der Waals surface area (Å²) in [6.45, 7) is 3.35. The minimum absolute atomic E-state index is 0.0649. The van der Waals surface area contributed by atoms with Crippen molar-refractivity contribution in [2.75, 3.05) is 18.0 Å². The summed E-state index contributed by atoms with van der Waals surface area (Å²) in [4.78, 5) is 2.52. The number of nitrogens with zero attached hydrogens (tertiary/aromatic N) is 1. The number of aliphatic hydroxyl groups is 1. The molecule has 2 aliphatic rings. The van der Waals surface area contributed by atoms with Gasteiger partial charge in [0.05, 0.1) is 6.10 Å². The third-order valence-corrected chi connectivity index (χ3v) is 4.72. The molecule has 3 heteroatoms. The molecule has 0 atom stereocenters. The average Bonchev–Trinajstić information content (AvgIpc) is 3.01. The van der Waals surface area contributed by atoms with Crippen molar-refractivity contribution in [3.05, 3.63) is 29.8 Å². The van der Waals surface area contributed by atoms with E-state index in [1.54, 1.807) is 0 Å². The van der Waals surface area contributed by atoms with Crippen LogP contribution in [0, 0.1) is 0 Å². The van der Waals surface area contributed by atoms with Gasteiger partial charge in [-0.15, -0.1) is 0 Å². The number of hydrogen-bond donors (Lipinski definition) is 2. The maximum Gasteiger partial charge on any atom is 0.0541 e. The second-order valence-electron chi connectivity index (χ2n) is 6.21. The summed E-state index contributed by atoms with van der Waals surface area (Å²) in [6, 6.07) is 9.37. The van der Waals surface area contributed by atoms with Crippen molar-refractivity contribution < 1.29 is 5.11 Å². The number of benzene rings is 1. The van der Waals surface area contributed by atoms with Crippen molar-refractivity contribution in [1.82, 2.24) is 5.32 Å². The van der Waals surface area contributed by atoms with Gasteiger partial charge in [-0.1, -0.05) is 18.2 Å². The first-order chi connectivity index (χ1) is 9.83. The number of anilines is 1. The van der Waals surface area contributed by atoms with Gasteiger partial charge in [0.2, 0.25) is 0 Å². The van der Waals surface area contributed by atoms with E-state index in [0.29, 0.717) is 6.04 Å². The fraction of sp³-hybridized carbons (Fsp3) is 0.647. The van der Waals surface area contributed by atoms with E-state index >= 15 is 0 Å². The Labute approximate surface area is 122 Å². The zero-order valence-electron chi connectivity index (χ0n) is 12.2. The lowest BCUT2D eigenvalue weighted by molar-refractivity contribution is 0.116. The Hall–Kier alpha value is -1.06. The topological polar surface area (TPSA) is 35.5 Å². The minimum Gasteiger partial charge on any atom is -0.393 e. The molecule has 3 nitrogen and oxygen atoms in total. The van der Waals surface area contributed by atoms with Crippen molar-refractivity contribution in [2.45, 2.75) is 57.2 Å². The second kappa shape index (κ2) is 6.59. The summed E-state index contributed by atoms with van der Waals surface area (Å²) < 4.78 is 0. The van der Waals surface area contributed by atoms with Crippen LogP contribution in [0.25, 0.3) is 0 Å². The smallest absolute Gasteiger partial charge is 0.0541 e. The summed E-state index contributed by atoms with van der Waals surface area (Å²) in [5.41, 5.74) is 2.83. The van der Waals surface area contributed by atoms with Gasteiger partial charge in [0.1, 0.15) is 0 Å². The van der Waals surface area contributed by atoms with Crippen LogP contribution < -0.4 is 10.2 Å². The number of aliphatic hydroxyl groups excluding tert-OH is 1. The zero-order chi connectivity index (χ0) is 13.8. The predicted molar refractivity (Wildman–Crippen MR) is 83.0 cm³/mol. The molecule has 1 aliphatic carbocycles. The van der Waals surface area contributed by atoms with Crippen LogP contribution in [-0.2, 0) is 6.54 Å². The lowest BCUT2D eigenvalue weighted by Crippen LogP contribution is -2.34. The van der Waals surface area contributed by atoms with Gasteiger partial charge in [0, 0.05) is 31.4 Å². The van der Waals surface area contributed by atoms with Crippen LogP contribution in [0.1, 0.15) is 44.1 Å². The van der Waals surface area contributed by atoms with Gasteiger partial charge in [0.15, 0.2) is 0 Å². The molecule has 1 aromatic rings. The Morgan fingerprint density at radius 3 is 2.50 bits per heavy atom. The van der Waals surface area contributed by atoms with Crippen LogP contribution in [0.4, 0.5) is 5.69 Å². The number of para-hydroxylation sites is 1. The van der Waals surface area contributed by atoms with E-state index in [2.05, 4.69) is 34.5 Å². The molecule has 0 spiro atoms. The van der Waals surface area contributed by atoms with E-state index in [0.717, 1.165) is 32.2 Å². The van der Waals surface area contributed by atoms with Gasteiger partial charge >= 0.3 is 0 Å². The number of hydrogen-bond acceptors (Lipinski definition) is 3. The molecule has 3 rings (SSSR count). The standard InChI is InChI=1S/C17H26N2O/c20-16-9-7-15(8-10-16)18-13-14-5-1-2-6-17(14)19-11-3-4-12-19/h1-2,5-6,15-16,18,20H,3-4,7-13H2. The minimum atomic E-state index is -0.0649. The third kappa shape index (κ3) is 3.33. The summed E-state index contributed by atoms with van der Waals surface area (Å²) in [5.74, 6) is 0. The van der Waals surface area contributed by atoms with Gasteiger partial charge < -0.3 is 15.3 Å². The highest BCUT2D eigenvalue weighted by Crippen LogP contribution is 2.25. The van der Waals surface area contributed by atoms with Crippen molar-refractivity contribution in [3.63, 3.8) is 0 Å². The van der Waals surface area contributed by atoms with Gasteiger partial charge in [-0.25, -0.2) is 0 Å². The van der Waals surface area contributed by atoms with E-state index in [1.165, 1.54) is 37.2 Å². The Morgan fingerprint density at radius 2 is 1.75 bits per heavy atom. The Balaban J connectivity index is 1.59. The van der Waals surface area contributed by atoms with Crippen LogP contribution >= 0.6 is 0 Å². The Bertz CT molecular complexity index is 421. The molecule has 2 N–H and O–H groups in total. The predicted octanol–water partition coefficient (Wildman–Crippen LogP) is 2.68. The van der Waals surface area contributed by atoms with Crippen LogP contribution in [-0.4, -0.2) is 30.3 Å². The number of rotatable bonds is 4. The van der Waals surface area contributed by atoms with Crippen LogP contribution in [0.3, 0.4) is 0 Å². The maximum absolute atomic E-state index is 9.57. The normalized spacial score (nSPS) is 26.9. The fourth-order valence-corrected chi connectivity index (χ4v) is 3.46. The molecule has 110 valence electrons. The molecule has 0 unspecified atom stereocenters. The van der Waals surface area contributed by atoms with Crippen LogP contribution in [0.2, 0.25) is 0 Å². The molecule has 0 bridgehead atoms.